The first-order valence-electron chi connectivity index (χ1n) is 2.31. The minimum atomic E-state index is 0.805. The molecule has 0 aliphatic rings. The summed E-state index contributed by atoms with van der Waals surface area (Å²) in [4.78, 5) is 0. The van der Waals surface area contributed by atoms with Crippen molar-refractivity contribution in [3.63, 3.8) is 0 Å². The van der Waals surface area contributed by atoms with E-state index in [2.05, 4.69) is 20.1 Å². The SMILES string of the molecule is [CH2]SSCC(C)C. The summed E-state index contributed by atoms with van der Waals surface area (Å²) in [5.74, 6) is 2.02. The van der Waals surface area contributed by atoms with Crippen molar-refractivity contribution in [1.82, 2.24) is 0 Å². The summed E-state index contributed by atoms with van der Waals surface area (Å²) in [5, 5.41) is 0. The summed E-state index contributed by atoms with van der Waals surface area (Å²) in [5.41, 5.74) is 0. The van der Waals surface area contributed by atoms with E-state index < -0.39 is 0 Å². The molecule has 0 amide bonds. The third-order valence-electron chi connectivity index (χ3n) is 0.485. The second-order valence-electron chi connectivity index (χ2n) is 1.80. The van der Waals surface area contributed by atoms with Gasteiger partial charge >= 0.3 is 0 Å². The van der Waals surface area contributed by atoms with Gasteiger partial charge in [0, 0.05) is 12.0 Å². The Hall–Kier alpha value is 0.700. The maximum absolute atomic E-state index is 3.64. The van der Waals surface area contributed by atoms with Crippen LogP contribution in [0.4, 0.5) is 0 Å². The van der Waals surface area contributed by atoms with Gasteiger partial charge in [-0.2, -0.15) is 0 Å². The molecule has 0 bridgehead atoms. The highest BCUT2D eigenvalue weighted by Gasteiger charge is 1.89. The van der Waals surface area contributed by atoms with E-state index in [4.69, 9.17) is 0 Å². The minimum absolute atomic E-state index is 0.805. The van der Waals surface area contributed by atoms with Gasteiger partial charge < -0.3 is 0 Å². The van der Waals surface area contributed by atoms with Crippen molar-refractivity contribution in [1.29, 1.82) is 0 Å². The lowest BCUT2D eigenvalue weighted by Gasteiger charge is -1.98. The fourth-order valence-corrected chi connectivity index (χ4v) is 1.66. The lowest BCUT2D eigenvalue weighted by atomic mass is 10.3. The van der Waals surface area contributed by atoms with Crippen molar-refractivity contribution in [2.45, 2.75) is 13.8 Å². The summed E-state index contributed by atoms with van der Waals surface area (Å²) < 4.78 is 0. The van der Waals surface area contributed by atoms with Crippen LogP contribution in [0.3, 0.4) is 0 Å². The molecule has 0 rings (SSSR count). The summed E-state index contributed by atoms with van der Waals surface area (Å²) in [6.45, 7) is 4.42. The Balaban J connectivity index is 2.68. The van der Waals surface area contributed by atoms with Gasteiger partial charge in [0.05, 0.1) is 0 Å². The summed E-state index contributed by atoms with van der Waals surface area (Å²) in [6.07, 6.45) is 3.64. The molecule has 0 spiro atoms. The molecule has 0 aliphatic carbocycles. The van der Waals surface area contributed by atoms with Gasteiger partial charge in [-0.3, -0.25) is 0 Å². The zero-order chi connectivity index (χ0) is 5.70. The zero-order valence-corrected chi connectivity index (χ0v) is 6.44. The van der Waals surface area contributed by atoms with E-state index in [0.29, 0.717) is 0 Å². The van der Waals surface area contributed by atoms with Crippen molar-refractivity contribution in [2.24, 2.45) is 5.92 Å². The van der Waals surface area contributed by atoms with Crippen molar-refractivity contribution >= 4 is 21.6 Å². The lowest BCUT2D eigenvalue weighted by molar-refractivity contribution is 0.752. The van der Waals surface area contributed by atoms with Gasteiger partial charge in [-0.1, -0.05) is 35.4 Å². The van der Waals surface area contributed by atoms with Crippen LogP contribution in [-0.2, 0) is 0 Å². The second kappa shape index (κ2) is 4.85. The number of rotatable bonds is 3. The van der Waals surface area contributed by atoms with Crippen LogP contribution < -0.4 is 0 Å². The average molecular weight is 135 g/mol. The number of hydrogen-bond donors (Lipinski definition) is 0. The Bertz CT molecular complexity index is 35.1. The molecule has 0 atom stereocenters. The summed E-state index contributed by atoms with van der Waals surface area (Å²) in [6, 6.07) is 0. The molecule has 0 fully saturated rings. The molecule has 7 heavy (non-hydrogen) atoms. The Kier molecular flexibility index (Phi) is 5.33. The van der Waals surface area contributed by atoms with Gasteiger partial charge in [0.25, 0.3) is 0 Å². The van der Waals surface area contributed by atoms with Gasteiger partial charge in [-0.15, -0.1) is 0 Å². The predicted molar refractivity (Wildman–Crippen MR) is 40.2 cm³/mol. The Morgan fingerprint density at radius 1 is 1.57 bits per heavy atom. The second-order valence-corrected chi connectivity index (χ2v) is 4.02. The Morgan fingerprint density at radius 3 is 2.29 bits per heavy atom. The molecule has 2 heteroatoms. The van der Waals surface area contributed by atoms with Gasteiger partial charge in [-0.05, 0) is 5.92 Å². The summed E-state index contributed by atoms with van der Waals surface area (Å²) in [7, 11) is 3.42. The van der Waals surface area contributed by atoms with Crippen LogP contribution in [0.2, 0.25) is 0 Å². The highest BCUT2D eigenvalue weighted by Crippen LogP contribution is 2.20. The summed E-state index contributed by atoms with van der Waals surface area (Å²) >= 11 is 0. The molecule has 1 radical (unpaired) electrons. The van der Waals surface area contributed by atoms with Crippen LogP contribution >= 0.6 is 21.6 Å². The maximum Gasteiger partial charge on any atom is 0.0136 e. The van der Waals surface area contributed by atoms with E-state index in [1.807, 2.05) is 10.8 Å². The highest BCUT2D eigenvalue weighted by atomic mass is 33.1. The fraction of sp³-hybridized carbons (Fsp3) is 0.800. The molecule has 0 aliphatic heterocycles. The first-order valence-corrected chi connectivity index (χ1v) is 4.79. The van der Waals surface area contributed by atoms with E-state index in [1.54, 1.807) is 10.8 Å². The van der Waals surface area contributed by atoms with Crippen LogP contribution in [0, 0.1) is 12.2 Å². The molecule has 0 N–H and O–H groups in total. The molecule has 0 heterocycles. The third kappa shape index (κ3) is 6.70. The van der Waals surface area contributed by atoms with Crippen LogP contribution in [0.25, 0.3) is 0 Å². The maximum atomic E-state index is 3.64. The standard InChI is InChI=1S/C5H11S2/c1-5(2)4-7-6-3/h5H,3-4H2,1-2H3. The molecule has 0 aromatic rings. The van der Waals surface area contributed by atoms with E-state index >= 15 is 0 Å². The zero-order valence-electron chi connectivity index (χ0n) is 4.81. The molecule has 0 saturated carbocycles. The van der Waals surface area contributed by atoms with Crippen LogP contribution in [-0.4, -0.2) is 5.75 Å². The Morgan fingerprint density at radius 2 is 2.14 bits per heavy atom. The molecule has 0 aromatic carbocycles. The van der Waals surface area contributed by atoms with Crippen LogP contribution in [0.1, 0.15) is 13.8 Å². The molecular weight excluding hydrogens is 124 g/mol. The topological polar surface area (TPSA) is 0 Å². The van der Waals surface area contributed by atoms with Crippen molar-refractivity contribution in [3.05, 3.63) is 6.26 Å². The fourth-order valence-electron chi connectivity index (χ4n) is 0.184. The predicted octanol–water partition coefficient (Wildman–Crippen LogP) is 2.82. The van der Waals surface area contributed by atoms with E-state index in [-0.39, 0.29) is 0 Å². The van der Waals surface area contributed by atoms with Crippen molar-refractivity contribution in [3.8, 4) is 0 Å². The molecule has 0 nitrogen and oxygen atoms in total. The normalized spacial score (nSPS) is 10.3. The quantitative estimate of drug-likeness (QED) is 0.546. The first-order chi connectivity index (χ1) is 3.27. The van der Waals surface area contributed by atoms with Gasteiger partial charge in [0.1, 0.15) is 0 Å². The largest absolute Gasteiger partial charge is 0.0939 e. The average Bonchev–Trinajstić information content (AvgIpc) is 1.61. The Labute approximate surface area is 53.8 Å². The minimum Gasteiger partial charge on any atom is -0.0939 e. The molecule has 43 valence electrons. The van der Waals surface area contributed by atoms with Gasteiger partial charge in [-0.25, -0.2) is 0 Å². The van der Waals surface area contributed by atoms with Crippen LogP contribution in [0.15, 0.2) is 0 Å². The van der Waals surface area contributed by atoms with Gasteiger partial charge in [0.2, 0.25) is 0 Å². The van der Waals surface area contributed by atoms with Crippen LogP contribution in [0.5, 0.6) is 0 Å². The van der Waals surface area contributed by atoms with Gasteiger partial charge in [0.15, 0.2) is 0 Å². The molecule has 0 saturated heterocycles. The van der Waals surface area contributed by atoms with Crippen molar-refractivity contribution < 1.29 is 0 Å². The first kappa shape index (κ1) is 7.70. The van der Waals surface area contributed by atoms with E-state index in [9.17, 15) is 0 Å². The monoisotopic (exact) mass is 135 g/mol. The lowest BCUT2D eigenvalue weighted by Crippen LogP contribution is -1.86. The van der Waals surface area contributed by atoms with Crippen molar-refractivity contribution in [2.75, 3.05) is 5.75 Å². The third-order valence-corrected chi connectivity index (χ3v) is 2.36. The molecular formula is C5H11S2. The van der Waals surface area contributed by atoms with E-state index in [0.717, 1.165) is 5.92 Å². The smallest absolute Gasteiger partial charge is 0.0136 e. The number of hydrogen-bond acceptors (Lipinski definition) is 2. The van der Waals surface area contributed by atoms with E-state index in [1.165, 1.54) is 5.75 Å². The molecule has 0 unspecified atom stereocenters. The molecule has 0 aromatic heterocycles. The highest BCUT2D eigenvalue weighted by molar-refractivity contribution is 8.77.